The first-order valence-corrected chi connectivity index (χ1v) is 11.1. The van der Waals surface area contributed by atoms with Crippen LogP contribution in [0.2, 0.25) is 0 Å². The molecule has 1 aromatic rings. The number of ether oxygens (including phenoxy) is 1. The molecule has 0 heterocycles. The van der Waals surface area contributed by atoms with Crippen molar-refractivity contribution in [1.82, 2.24) is 5.32 Å². The number of benzene rings is 1. The van der Waals surface area contributed by atoms with E-state index < -0.39 is 16.1 Å². The fraction of sp³-hybridized carbons (Fsp3) is 0.632. The van der Waals surface area contributed by atoms with Crippen LogP contribution in [0.15, 0.2) is 24.3 Å². The number of nitrogens with one attached hydrogen (secondary N) is 1. The van der Waals surface area contributed by atoms with E-state index in [1.807, 2.05) is 6.92 Å². The van der Waals surface area contributed by atoms with Crippen LogP contribution in [0.3, 0.4) is 0 Å². The summed E-state index contributed by atoms with van der Waals surface area (Å²) in [4.78, 5) is 12.6. The van der Waals surface area contributed by atoms with E-state index in [1.54, 1.807) is 24.3 Å². The average molecular weight is 381 g/mol. The number of hydrogen-bond donors (Lipinski definition) is 1. The first-order valence-electron chi connectivity index (χ1n) is 9.29. The molecule has 1 amide bonds. The molecule has 3 rings (SSSR count). The molecule has 7 heteroatoms. The largest absolute Gasteiger partial charge is 0.481 e. The molecule has 0 spiro atoms. The highest BCUT2D eigenvalue weighted by molar-refractivity contribution is 7.92. The molecule has 26 heavy (non-hydrogen) atoms. The molecule has 2 saturated carbocycles. The Labute approximate surface area is 156 Å². The number of carbonyl (C=O) groups is 1. The fourth-order valence-electron chi connectivity index (χ4n) is 4.11. The minimum absolute atomic E-state index is 0.0534. The highest BCUT2D eigenvalue weighted by Crippen LogP contribution is 2.44. The quantitative estimate of drug-likeness (QED) is 0.789. The molecule has 144 valence electrons. The standard InChI is InChI=1S/C19H28N2O4S/c1-4-18(19(22)20-17-12-13-5-6-14(17)11-13)25-16-9-7-15(8-10-16)21(2)26(3,23)24/h7-10,13-14,17-18H,4-6,11-12H2,1-3H3,(H,20,22)/t13-,14-,17+,18+/m0/s1. The van der Waals surface area contributed by atoms with Crippen molar-refractivity contribution >= 4 is 21.6 Å². The van der Waals surface area contributed by atoms with Crippen molar-refractivity contribution < 1.29 is 17.9 Å². The topological polar surface area (TPSA) is 75.7 Å². The molecule has 2 bridgehead atoms. The number of rotatable bonds is 7. The lowest BCUT2D eigenvalue weighted by molar-refractivity contribution is -0.129. The molecule has 0 unspecified atom stereocenters. The van der Waals surface area contributed by atoms with E-state index in [2.05, 4.69) is 5.32 Å². The summed E-state index contributed by atoms with van der Waals surface area (Å²) in [6.07, 6.45) is 6.08. The number of anilines is 1. The van der Waals surface area contributed by atoms with Gasteiger partial charge in [-0.15, -0.1) is 0 Å². The maximum Gasteiger partial charge on any atom is 0.261 e. The van der Waals surface area contributed by atoms with Crippen molar-refractivity contribution in [3.63, 3.8) is 0 Å². The second kappa shape index (κ2) is 7.47. The van der Waals surface area contributed by atoms with Crippen molar-refractivity contribution in [2.24, 2.45) is 11.8 Å². The van der Waals surface area contributed by atoms with Crippen LogP contribution in [-0.4, -0.2) is 39.8 Å². The van der Waals surface area contributed by atoms with E-state index in [1.165, 1.54) is 30.6 Å². The molecule has 2 fully saturated rings. The van der Waals surface area contributed by atoms with Gasteiger partial charge in [-0.05, 0) is 61.8 Å². The van der Waals surface area contributed by atoms with E-state index in [0.29, 0.717) is 29.8 Å². The van der Waals surface area contributed by atoms with Crippen LogP contribution in [-0.2, 0) is 14.8 Å². The van der Waals surface area contributed by atoms with Gasteiger partial charge >= 0.3 is 0 Å². The molecule has 1 aromatic carbocycles. The Morgan fingerprint density at radius 3 is 2.46 bits per heavy atom. The van der Waals surface area contributed by atoms with Gasteiger partial charge in [0.25, 0.3) is 5.91 Å². The highest BCUT2D eigenvalue weighted by atomic mass is 32.2. The molecular weight excluding hydrogens is 352 g/mol. The number of hydrogen-bond acceptors (Lipinski definition) is 4. The third kappa shape index (κ3) is 4.14. The monoisotopic (exact) mass is 380 g/mol. The van der Waals surface area contributed by atoms with Gasteiger partial charge < -0.3 is 10.1 Å². The van der Waals surface area contributed by atoms with Gasteiger partial charge in [-0.3, -0.25) is 9.10 Å². The normalized spacial score (nSPS) is 25.7. The summed E-state index contributed by atoms with van der Waals surface area (Å²) in [6.45, 7) is 1.93. The zero-order chi connectivity index (χ0) is 18.9. The van der Waals surface area contributed by atoms with E-state index in [4.69, 9.17) is 4.74 Å². The summed E-state index contributed by atoms with van der Waals surface area (Å²) < 4.78 is 30.2. The lowest BCUT2D eigenvalue weighted by Crippen LogP contribution is -2.45. The molecule has 0 aromatic heterocycles. The fourth-order valence-corrected chi connectivity index (χ4v) is 4.61. The van der Waals surface area contributed by atoms with Crippen molar-refractivity contribution in [1.29, 1.82) is 0 Å². The van der Waals surface area contributed by atoms with Crippen LogP contribution in [0.4, 0.5) is 5.69 Å². The first kappa shape index (κ1) is 19.0. The number of fused-ring (bicyclic) bond motifs is 2. The Hall–Kier alpha value is -1.76. The molecule has 2 aliphatic rings. The second-order valence-corrected chi connectivity index (χ2v) is 9.54. The van der Waals surface area contributed by atoms with E-state index >= 15 is 0 Å². The molecular formula is C19H28N2O4S. The molecule has 0 saturated heterocycles. The smallest absolute Gasteiger partial charge is 0.261 e. The van der Waals surface area contributed by atoms with Crippen LogP contribution in [0.25, 0.3) is 0 Å². The molecule has 6 nitrogen and oxygen atoms in total. The first-order chi connectivity index (χ1) is 12.3. The Kier molecular flexibility index (Phi) is 5.46. The Balaban J connectivity index is 1.60. The summed E-state index contributed by atoms with van der Waals surface area (Å²) in [7, 11) is -1.80. The summed E-state index contributed by atoms with van der Waals surface area (Å²) in [5, 5.41) is 3.18. The third-order valence-corrected chi connectivity index (χ3v) is 6.91. The summed E-state index contributed by atoms with van der Waals surface area (Å²) in [5.41, 5.74) is 0.555. The van der Waals surface area contributed by atoms with Gasteiger partial charge in [0.05, 0.1) is 11.9 Å². The number of nitrogens with zero attached hydrogens (tertiary/aromatic N) is 1. The maximum atomic E-state index is 12.6. The zero-order valence-electron chi connectivity index (χ0n) is 15.6. The minimum Gasteiger partial charge on any atom is -0.481 e. The number of sulfonamides is 1. The van der Waals surface area contributed by atoms with Crippen molar-refractivity contribution in [2.45, 2.75) is 51.2 Å². The Morgan fingerprint density at radius 2 is 1.96 bits per heavy atom. The summed E-state index contributed by atoms with van der Waals surface area (Å²) in [6, 6.07) is 7.05. The minimum atomic E-state index is -3.30. The molecule has 2 aliphatic carbocycles. The van der Waals surface area contributed by atoms with Crippen molar-refractivity contribution in [2.75, 3.05) is 17.6 Å². The third-order valence-electron chi connectivity index (χ3n) is 5.71. The summed E-state index contributed by atoms with van der Waals surface area (Å²) in [5.74, 6) is 1.92. The number of carbonyl (C=O) groups excluding carboxylic acids is 1. The zero-order valence-corrected chi connectivity index (χ0v) is 16.5. The van der Waals surface area contributed by atoms with Gasteiger partial charge in [0.15, 0.2) is 6.10 Å². The maximum absolute atomic E-state index is 12.6. The van der Waals surface area contributed by atoms with Gasteiger partial charge in [0, 0.05) is 13.1 Å². The van der Waals surface area contributed by atoms with Crippen molar-refractivity contribution in [3.8, 4) is 5.75 Å². The van der Waals surface area contributed by atoms with Crippen LogP contribution in [0.1, 0.15) is 39.0 Å². The van der Waals surface area contributed by atoms with E-state index in [-0.39, 0.29) is 5.91 Å². The molecule has 4 atom stereocenters. The summed E-state index contributed by atoms with van der Waals surface area (Å²) >= 11 is 0. The van der Waals surface area contributed by atoms with Crippen molar-refractivity contribution in [3.05, 3.63) is 24.3 Å². The second-order valence-electron chi connectivity index (χ2n) is 7.53. The predicted octanol–water partition coefficient (Wildman–Crippen LogP) is 2.54. The predicted molar refractivity (Wildman–Crippen MR) is 102 cm³/mol. The Bertz CT molecular complexity index is 747. The van der Waals surface area contributed by atoms with Gasteiger partial charge in [0.2, 0.25) is 10.0 Å². The lowest BCUT2D eigenvalue weighted by Gasteiger charge is -2.26. The van der Waals surface area contributed by atoms with E-state index in [0.717, 1.165) is 18.6 Å². The van der Waals surface area contributed by atoms with E-state index in [9.17, 15) is 13.2 Å². The van der Waals surface area contributed by atoms with Crippen LogP contribution >= 0.6 is 0 Å². The van der Waals surface area contributed by atoms with Gasteiger partial charge in [-0.2, -0.15) is 0 Å². The molecule has 1 N–H and O–H groups in total. The lowest BCUT2D eigenvalue weighted by atomic mass is 9.95. The van der Waals surface area contributed by atoms with Crippen LogP contribution < -0.4 is 14.4 Å². The van der Waals surface area contributed by atoms with Crippen LogP contribution in [0, 0.1) is 11.8 Å². The number of amides is 1. The molecule has 0 aliphatic heterocycles. The Morgan fingerprint density at radius 1 is 1.27 bits per heavy atom. The van der Waals surface area contributed by atoms with Gasteiger partial charge in [-0.25, -0.2) is 8.42 Å². The van der Waals surface area contributed by atoms with Crippen LogP contribution in [0.5, 0.6) is 5.75 Å². The molecule has 0 radical (unpaired) electrons. The SMILES string of the molecule is CC[C@@H](Oc1ccc(N(C)S(C)(=O)=O)cc1)C(=O)N[C@@H]1C[C@H]2CC[C@H]1C2. The van der Waals surface area contributed by atoms with Gasteiger partial charge in [0.1, 0.15) is 5.75 Å². The highest BCUT2D eigenvalue weighted by Gasteiger charge is 2.40. The average Bonchev–Trinajstić information content (AvgIpc) is 3.21. The van der Waals surface area contributed by atoms with Gasteiger partial charge in [-0.1, -0.05) is 13.3 Å².